The van der Waals surface area contributed by atoms with Crippen molar-refractivity contribution in [3.05, 3.63) is 63.8 Å². The minimum absolute atomic E-state index is 0.178. The molecule has 4 heteroatoms. The highest BCUT2D eigenvalue weighted by atomic mass is 79.9. The maximum atomic E-state index is 12.6. The highest BCUT2D eigenvalue weighted by Crippen LogP contribution is 2.28. The number of fused-ring (bicyclic) bond motifs is 1. The molecule has 1 aromatic heterocycles. The van der Waals surface area contributed by atoms with Gasteiger partial charge in [-0.2, -0.15) is 0 Å². The lowest BCUT2D eigenvalue weighted by atomic mass is 10.0. The second-order valence-corrected chi connectivity index (χ2v) is 5.74. The van der Waals surface area contributed by atoms with Gasteiger partial charge in [0.15, 0.2) is 5.76 Å². The zero-order valence-electron chi connectivity index (χ0n) is 11.6. The first-order chi connectivity index (χ1) is 10.1. The molecule has 0 unspecified atom stereocenters. The molecule has 0 fully saturated rings. The second-order valence-electron chi connectivity index (χ2n) is 4.83. The van der Waals surface area contributed by atoms with Crippen LogP contribution in [0.1, 0.15) is 21.7 Å². The van der Waals surface area contributed by atoms with E-state index >= 15 is 0 Å². The summed E-state index contributed by atoms with van der Waals surface area (Å²) in [7, 11) is 1.55. The zero-order valence-corrected chi connectivity index (χ0v) is 13.2. The van der Waals surface area contributed by atoms with Gasteiger partial charge in [0.25, 0.3) is 0 Å². The molecule has 0 saturated carbocycles. The highest BCUT2D eigenvalue weighted by Gasteiger charge is 2.18. The lowest BCUT2D eigenvalue weighted by Gasteiger charge is -2.06. The number of ether oxygens (including phenoxy) is 1. The third-order valence-corrected chi connectivity index (χ3v) is 3.79. The fourth-order valence-electron chi connectivity index (χ4n) is 2.26. The van der Waals surface area contributed by atoms with Crippen LogP contribution in [0.3, 0.4) is 0 Å². The van der Waals surface area contributed by atoms with Crippen LogP contribution in [0.5, 0.6) is 5.75 Å². The fourth-order valence-corrected chi connectivity index (χ4v) is 2.64. The Morgan fingerprint density at radius 1 is 1.14 bits per heavy atom. The number of hydrogen-bond donors (Lipinski definition) is 0. The Kier molecular flexibility index (Phi) is 3.55. The average molecular weight is 345 g/mol. The third-order valence-electron chi connectivity index (χ3n) is 3.30. The summed E-state index contributed by atoms with van der Waals surface area (Å²) in [5.41, 5.74) is 2.20. The van der Waals surface area contributed by atoms with Gasteiger partial charge in [-0.1, -0.05) is 27.6 Å². The molecule has 0 amide bonds. The van der Waals surface area contributed by atoms with Gasteiger partial charge in [0, 0.05) is 9.86 Å². The molecule has 0 N–H and O–H groups in total. The minimum atomic E-state index is -0.178. The van der Waals surface area contributed by atoms with Crippen LogP contribution in [-0.2, 0) is 0 Å². The molecule has 0 atom stereocenters. The number of benzene rings is 2. The predicted octanol–water partition coefficient (Wildman–Crippen LogP) is 4.74. The van der Waals surface area contributed by atoms with Crippen molar-refractivity contribution in [1.82, 2.24) is 0 Å². The largest absolute Gasteiger partial charge is 0.496 e. The Balaban J connectivity index is 2.10. The van der Waals surface area contributed by atoms with E-state index in [0.717, 1.165) is 15.4 Å². The highest BCUT2D eigenvalue weighted by molar-refractivity contribution is 9.10. The lowest BCUT2D eigenvalue weighted by Crippen LogP contribution is -2.03. The van der Waals surface area contributed by atoms with E-state index in [2.05, 4.69) is 15.9 Å². The molecule has 3 rings (SSSR count). The van der Waals surface area contributed by atoms with Gasteiger partial charge in [-0.05, 0) is 43.3 Å². The molecule has 3 aromatic rings. The molecular formula is C17H13BrO3. The summed E-state index contributed by atoms with van der Waals surface area (Å²) < 4.78 is 11.9. The first-order valence-electron chi connectivity index (χ1n) is 6.47. The summed E-state index contributed by atoms with van der Waals surface area (Å²) in [6.45, 7) is 1.94. The van der Waals surface area contributed by atoms with E-state index in [4.69, 9.17) is 9.15 Å². The molecule has 3 nitrogen and oxygen atoms in total. The number of hydrogen-bond acceptors (Lipinski definition) is 3. The molecule has 21 heavy (non-hydrogen) atoms. The normalized spacial score (nSPS) is 10.8. The summed E-state index contributed by atoms with van der Waals surface area (Å²) in [5, 5.41) is 0.888. The number of halogens is 1. The monoisotopic (exact) mass is 344 g/mol. The van der Waals surface area contributed by atoms with Gasteiger partial charge in [-0.25, -0.2) is 0 Å². The topological polar surface area (TPSA) is 39.4 Å². The van der Waals surface area contributed by atoms with E-state index in [-0.39, 0.29) is 5.78 Å². The lowest BCUT2D eigenvalue weighted by molar-refractivity contribution is 0.101. The number of ketones is 1. The van der Waals surface area contributed by atoms with Crippen LogP contribution in [0.15, 0.2) is 51.4 Å². The summed E-state index contributed by atoms with van der Waals surface area (Å²) in [5.74, 6) is 0.683. The molecule has 0 spiro atoms. The zero-order chi connectivity index (χ0) is 15.0. The SMILES string of the molecule is COc1ccc(C)cc1C(=O)c1cc2cc(Br)ccc2o1. The van der Waals surface area contributed by atoms with Gasteiger partial charge >= 0.3 is 0 Å². The number of aryl methyl sites for hydroxylation is 1. The van der Waals surface area contributed by atoms with Crippen molar-refractivity contribution >= 4 is 32.7 Å². The quantitative estimate of drug-likeness (QED) is 0.644. The van der Waals surface area contributed by atoms with Crippen molar-refractivity contribution in [1.29, 1.82) is 0 Å². The number of carbonyl (C=O) groups excluding carboxylic acids is 1. The van der Waals surface area contributed by atoms with Crippen LogP contribution in [0.2, 0.25) is 0 Å². The molecule has 0 bridgehead atoms. The van der Waals surface area contributed by atoms with Crippen LogP contribution in [-0.4, -0.2) is 12.9 Å². The summed E-state index contributed by atoms with van der Waals surface area (Å²) in [6.07, 6.45) is 0. The molecule has 0 aliphatic heterocycles. The van der Waals surface area contributed by atoms with Gasteiger partial charge in [-0.3, -0.25) is 4.79 Å². The van der Waals surface area contributed by atoms with Crippen LogP contribution in [0.25, 0.3) is 11.0 Å². The Bertz CT molecular complexity index is 833. The maximum Gasteiger partial charge on any atom is 0.231 e. The summed E-state index contributed by atoms with van der Waals surface area (Å²) in [4.78, 5) is 12.6. The Morgan fingerprint density at radius 2 is 1.95 bits per heavy atom. The van der Waals surface area contributed by atoms with Crippen molar-refractivity contribution in [3.63, 3.8) is 0 Å². The van der Waals surface area contributed by atoms with E-state index in [0.29, 0.717) is 22.7 Å². The van der Waals surface area contributed by atoms with E-state index in [9.17, 15) is 4.79 Å². The third kappa shape index (κ3) is 2.59. The van der Waals surface area contributed by atoms with Crippen molar-refractivity contribution in [2.75, 3.05) is 7.11 Å². The first-order valence-corrected chi connectivity index (χ1v) is 7.26. The Labute approximate surface area is 130 Å². The number of methoxy groups -OCH3 is 1. The van der Waals surface area contributed by atoms with E-state index in [1.54, 1.807) is 19.2 Å². The number of rotatable bonds is 3. The maximum absolute atomic E-state index is 12.6. The van der Waals surface area contributed by atoms with Crippen molar-refractivity contribution in [3.8, 4) is 5.75 Å². The van der Waals surface area contributed by atoms with Gasteiger partial charge in [0.05, 0.1) is 12.7 Å². The minimum Gasteiger partial charge on any atom is -0.496 e. The summed E-state index contributed by atoms with van der Waals surface area (Å²) >= 11 is 3.41. The van der Waals surface area contributed by atoms with Crippen molar-refractivity contribution in [2.45, 2.75) is 6.92 Å². The molecule has 106 valence electrons. The average Bonchev–Trinajstić information content (AvgIpc) is 2.89. The van der Waals surface area contributed by atoms with E-state index < -0.39 is 0 Å². The molecule has 0 radical (unpaired) electrons. The first kappa shape index (κ1) is 13.9. The van der Waals surface area contributed by atoms with Crippen molar-refractivity contribution in [2.24, 2.45) is 0 Å². The molecule has 0 aliphatic rings. The van der Waals surface area contributed by atoms with Crippen LogP contribution < -0.4 is 4.74 Å². The number of furan rings is 1. The molecule has 0 aliphatic carbocycles. The summed E-state index contributed by atoms with van der Waals surface area (Å²) in [6, 6.07) is 12.9. The van der Waals surface area contributed by atoms with Crippen LogP contribution in [0.4, 0.5) is 0 Å². The second kappa shape index (κ2) is 5.37. The van der Waals surface area contributed by atoms with Crippen molar-refractivity contribution < 1.29 is 13.9 Å². The van der Waals surface area contributed by atoms with Gasteiger partial charge in [0.1, 0.15) is 11.3 Å². The van der Waals surface area contributed by atoms with E-state index in [1.807, 2.05) is 37.3 Å². The van der Waals surface area contributed by atoms with Gasteiger partial charge in [0.2, 0.25) is 5.78 Å². The Hall–Kier alpha value is -2.07. The fraction of sp³-hybridized carbons (Fsp3) is 0.118. The van der Waals surface area contributed by atoms with E-state index in [1.165, 1.54) is 0 Å². The predicted molar refractivity (Wildman–Crippen MR) is 85.1 cm³/mol. The molecule has 2 aromatic carbocycles. The van der Waals surface area contributed by atoms with Gasteiger partial charge in [-0.15, -0.1) is 0 Å². The van der Waals surface area contributed by atoms with Crippen LogP contribution in [0, 0.1) is 6.92 Å². The Morgan fingerprint density at radius 3 is 2.71 bits per heavy atom. The van der Waals surface area contributed by atoms with Gasteiger partial charge < -0.3 is 9.15 Å². The molecule has 1 heterocycles. The molecule has 0 saturated heterocycles. The standard InChI is InChI=1S/C17H13BrO3/c1-10-3-5-15(20-2)13(7-10)17(19)16-9-11-8-12(18)4-6-14(11)21-16/h3-9H,1-2H3. The number of carbonyl (C=O) groups is 1. The smallest absolute Gasteiger partial charge is 0.231 e. The van der Waals surface area contributed by atoms with Crippen LogP contribution >= 0.6 is 15.9 Å². The molecular weight excluding hydrogens is 332 g/mol.